The number of rotatable bonds is 2. The number of alkyl halides is 1. The number of piperazine rings is 1. The third kappa shape index (κ3) is 2.75. The molecule has 0 aromatic rings. The summed E-state index contributed by atoms with van der Waals surface area (Å²) in [7, 11) is 0. The Morgan fingerprint density at radius 2 is 1.91 bits per heavy atom. The van der Waals surface area contributed by atoms with Crippen molar-refractivity contribution in [2.45, 2.75) is 25.9 Å². The second kappa shape index (κ2) is 4.02. The van der Waals surface area contributed by atoms with Gasteiger partial charge >= 0.3 is 0 Å². The average Bonchev–Trinajstić information content (AvgIpc) is 1.85. The molecule has 0 saturated carbocycles. The van der Waals surface area contributed by atoms with Gasteiger partial charge in [0.25, 0.3) is 0 Å². The summed E-state index contributed by atoms with van der Waals surface area (Å²) in [4.78, 5) is 2.17. The Labute approximate surface area is 67.8 Å². The van der Waals surface area contributed by atoms with Gasteiger partial charge in [-0.05, 0) is 13.8 Å². The van der Waals surface area contributed by atoms with E-state index in [2.05, 4.69) is 24.1 Å². The fourth-order valence-electron chi connectivity index (χ4n) is 1.74. The van der Waals surface area contributed by atoms with Gasteiger partial charge in [0, 0.05) is 31.7 Å². The maximum atomic E-state index is 12.0. The minimum Gasteiger partial charge on any atom is -0.309 e. The van der Waals surface area contributed by atoms with Gasteiger partial charge in [0.15, 0.2) is 0 Å². The lowest BCUT2D eigenvalue weighted by molar-refractivity contribution is 0.163. The first-order chi connectivity index (χ1) is 5.22. The van der Waals surface area contributed by atoms with Crippen LogP contribution in [0.25, 0.3) is 0 Å². The molecule has 66 valence electrons. The lowest BCUT2D eigenvalue weighted by atomic mass is 10.1. The van der Waals surface area contributed by atoms with Crippen LogP contribution in [-0.4, -0.2) is 43.3 Å². The van der Waals surface area contributed by atoms with Crippen LogP contribution in [0.15, 0.2) is 0 Å². The van der Waals surface area contributed by atoms with Crippen LogP contribution in [0.4, 0.5) is 4.39 Å². The van der Waals surface area contributed by atoms with E-state index in [0.717, 1.165) is 13.1 Å². The van der Waals surface area contributed by atoms with Crippen LogP contribution >= 0.6 is 0 Å². The standard InChI is InChI=1S/C8H17FN2/c1-7-5-11(4-3-9)6-8(2)10-7/h7-8,10H,3-6H2,1-2H3. The molecule has 3 heteroatoms. The van der Waals surface area contributed by atoms with E-state index in [4.69, 9.17) is 0 Å². The van der Waals surface area contributed by atoms with Gasteiger partial charge in [-0.2, -0.15) is 0 Å². The molecule has 1 rings (SSSR count). The molecule has 1 aliphatic heterocycles. The van der Waals surface area contributed by atoms with Crippen LogP contribution in [-0.2, 0) is 0 Å². The lowest BCUT2D eigenvalue weighted by Gasteiger charge is -2.35. The van der Waals surface area contributed by atoms with Crippen LogP contribution in [0.3, 0.4) is 0 Å². The molecule has 0 radical (unpaired) electrons. The largest absolute Gasteiger partial charge is 0.309 e. The molecule has 1 N–H and O–H groups in total. The zero-order valence-corrected chi connectivity index (χ0v) is 7.31. The Hall–Kier alpha value is -0.150. The molecule has 1 aliphatic rings. The van der Waals surface area contributed by atoms with E-state index in [9.17, 15) is 4.39 Å². The first-order valence-corrected chi connectivity index (χ1v) is 4.26. The maximum absolute atomic E-state index is 12.0. The highest BCUT2D eigenvalue weighted by Gasteiger charge is 2.19. The van der Waals surface area contributed by atoms with Gasteiger partial charge in [-0.25, -0.2) is 4.39 Å². The van der Waals surface area contributed by atoms with Gasteiger partial charge in [0.05, 0.1) is 0 Å². The molecule has 0 spiro atoms. The highest BCUT2D eigenvalue weighted by atomic mass is 19.1. The van der Waals surface area contributed by atoms with Gasteiger partial charge in [-0.15, -0.1) is 0 Å². The lowest BCUT2D eigenvalue weighted by Crippen LogP contribution is -2.54. The van der Waals surface area contributed by atoms with Gasteiger partial charge in [0.1, 0.15) is 6.67 Å². The Bertz CT molecular complexity index is 109. The first-order valence-electron chi connectivity index (χ1n) is 4.26. The molecule has 0 aliphatic carbocycles. The molecule has 1 saturated heterocycles. The smallest absolute Gasteiger partial charge is 0.102 e. The van der Waals surface area contributed by atoms with E-state index in [1.54, 1.807) is 0 Å². The summed E-state index contributed by atoms with van der Waals surface area (Å²) in [6.07, 6.45) is 0. The molecule has 1 heterocycles. The summed E-state index contributed by atoms with van der Waals surface area (Å²) in [5.41, 5.74) is 0. The third-order valence-electron chi connectivity index (χ3n) is 2.03. The summed E-state index contributed by atoms with van der Waals surface area (Å²) in [5, 5.41) is 3.40. The minimum absolute atomic E-state index is 0.223. The van der Waals surface area contributed by atoms with Crippen LogP contribution in [0.5, 0.6) is 0 Å². The monoisotopic (exact) mass is 160 g/mol. The molecular weight excluding hydrogens is 143 g/mol. The minimum atomic E-state index is -0.223. The third-order valence-corrected chi connectivity index (χ3v) is 2.03. The van der Waals surface area contributed by atoms with Crippen molar-refractivity contribution in [1.29, 1.82) is 0 Å². The van der Waals surface area contributed by atoms with Crippen molar-refractivity contribution in [2.75, 3.05) is 26.3 Å². The number of halogens is 1. The number of hydrogen-bond donors (Lipinski definition) is 1. The predicted molar refractivity (Wildman–Crippen MR) is 44.5 cm³/mol. The summed E-state index contributed by atoms with van der Waals surface area (Å²) in [5.74, 6) is 0. The van der Waals surface area contributed by atoms with Crippen LogP contribution < -0.4 is 5.32 Å². The Kier molecular flexibility index (Phi) is 3.27. The van der Waals surface area contributed by atoms with Crippen LogP contribution in [0, 0.1) is 0 Å². The zero-order chi connectivity index (χ0) is 8.27. The summed E-state index contributed by atoms with van der Waals surface area (Å²) in [6.45, 7) is 6.61. The van der Waals surface area contributed by atoms with Crippen molar-refractivity contribution in [2.24, 2.45) is 0 Å². The molecule has 0 bridgehead atoms. The second-order valence-electron chi connectivity index (χ2n) is 3.42. The molecule has 0 aromatic carbocycles. The van der Waals surface area contributed by atoms with E-state index < -0.39 is 0 Å². The molecular formula is C8H17FN2. The predicted octanol–water partition coefficient (Wildman–Crippen LogP) is 0.638. The fourth-order valence-corrected chi connectivity index (χ4v) is 1.74. The molecule has 2 nitrogen and oxygen atoms in total. The molecule has 1 fully saturated rings. The number of nitrogens with one attached hydrogen (secondary N) is 1. The summed E-state index contributed by atoms with van der Waals surface area (Å²) >= 11 is 0. The molecule has 2 atom stereocenters. The Morgan fingerprint density at radius 3 is 2.36 bits per heavy atom. The van der Waals surface area contributed by atoms with E-state index in [0.29, 0.717) is 18.6 Å². The van der Waals surface area contributed by atoms with E-state index in [1.165, 1.54) is 0 Å². The number of hydrogen-bond acceptors (Lipinski definition) is 2. The van der Waals surface area contributed by atoms with E-state index in [1.807, 2.05) is 0 Å². The van der Waals surface area contributed by atoms with Crippen molar-refractivity contribution in [3.8, 4) is 0 Å². The summed E-state index contributed by atoms with van der Waals surface area (Å²) in [6, 6.07) is 1.01. The second-order valence-corrected chi connectivity index (χ2v) is 3.42. The SMILES string of the molecule is CC1CN(CCF)CC(C)N1. The van der Waals surface area contributed by atoms with Crippen LogP contribution in [0.2, 0.25) is 0 Å². The van der Waals surface area contributed by atoms with E-state index in [-0.39, 0.29) is 6.67 Å². The topological polar surface area (TPSA) is 15.3 Å². The van der Waals surface area contributed by atoms with Crippen LogP contribution in [0.1, 0.15) is 13.8 Å². The Balaban J connectivity index is 2.30. The average molecular weight is 160 g/mol. The Morgan fingerprint density at radius 1 is 1.36 bits per heavy atom. The summed E-state index contributed by atoms with van der Waals surface area (Å²) < 4.78 is 12.0. The molecule has 11 heavy (non-hydrogen) atoms. The zero-order valence-electron chi connectivity index (χ0n) is 7.31. The molecule has 2 unspecified atom stereocenters. The first kappa shape index (κ1) is 8.94. The van der Waals surface area contributed by atoms with Crippen molar-refractivity contribution >= 4 is 0 Å². The number of nitrogens with zero attached hydrogens (tertiary/aromatic N) is 1. The molecule has 0 aromatic heterocycles. The van der Waals surface area contributed by atoms with Gasteiger partial charge in [0.2, 0.25) is 0 Å². The highest BCUT2D eigenvalue weighted by molar-refractivity contribution is 4.80. The van der Waals surface area contributed by atoms with Crippen molar-refractivity contribution in [3.63, 3.8) is 0 Å². The molecule has 0 amide bonds. The van der Waals surface area contributed by atoms with Gasteiger partial charge in [-0.1, -0.05) is 0 Å². The van der Waals surface area contributed by atoms with Crippen molar-refractivity contribution in [1.82, 2.24) is 10.2 Å². The highest BCUT2D eigenvalue weighted by Crippen LogP contribution is 2.02. The fraction of sp³-hybridized carbons (Fsp3) is 1.00. The quantitative estimate of drug-likeness (QED) is 0.637. The van der Waals surface area contributed by atoms with E-state index >= 15 is 0 Å². The normalized spacial score (nSPS) is 34.1. The maximum Gasteiger partial charge on any atom is 0.102 e. The van der Waals surface area contributed by atoms with Gasteiger partial charge < -0.3 is 5.32 Å². The van der Waals surface area contributed by atoms with Crippen molar-refractivity contribution < 1.29 is 4.39 Å². The van der Waals surface area contributed by atoms with Crippen molar-refractivity contribution in [3.05, 3.63) is 0 Å². The van der Waals surface area contributed by atoms with Gasteiger partial charge in [-0.3, -0.25) is 4.90 Å².